The van der Waals surface area contributed by atoms with Crippen LogP contribution in [0.3, 0.4) is 0 Å². The molecule has 0 radical (unpaired) electrons. The number of hydrogen-bond donors (Lipinski definition) is 2. The van der Waals surface area contributed by atoms with Gasteiger partial charge in [0.15, 0.2) is 5.96 Å². The molecule has 0 unspecified atom stereocenters. The van der Waals surface area contributed by atoms with Gasteiger partial charge in [-0.1, -0.05) is 18.2 Å². The number of aliphatic imine (C=N–C) groups is 1. The van der Waals surface area contributed by atoms with Crippen LogP contribution in [0, 0.1) is 6.92 Å². The Labute approximate surface area is 154 Å². The molecule has 0 aliphatic carbocycles. The Kier molecular flexibility index (Phi) is 8.39. The number of halogens is 1. The number of benzene rings is 1. The van der Waals surface area contributed by atoms with Gasteiger partial charge < -0.3 is 15.4 Å². The van der Waals surface area contributed by atoms with Crippen LogP contribution >= 0.6 is 24.0 Å². The molecule has 5 nitrogen and oxygen atoms in total. The highest BCUT2D eigenvalue weighted by Gasteiger charge is 2.02. The number of guanidine groups is 1. The summed E-state index contributed by atoms with van der Waals surface area (Å²) in [5, 5.41) is 6.55. The number of pyridine rings is 1. The van der Waals surface area contributed by atoms with Gasteiger partial charge in [-0.15, -0.1) is 24.0 Å². The van der Waals surface area contributed by atoms with Gasteiger partial charge in [0.05, 0.1) is 19.3 Å². The average molecular weight is 426 g/mol. The van der Waals surface area contributed by atoms with E-state index in [1.165, 1.54) is 5.56 Å². The van der Waals surface area contributed by atoms with Crippen LogP contribution in [0.2, 0.25) is 0 Å². The molecule has 6 heteroatoms. The molecular weight excluding hydrogens is 403 g/mol. The van der Waals surface area contributed by atoms with Crippen molar-refractivity contribution in [1.29, 1.82) is 0 Å². The van der Waals surface area contributed by atoms with E-state index in [-0.39, 0.29) is 24.0 Å². The number of methoxy groups -OCH3 is 1. The minimum Gasteiger partial charge on any atom is -0.497 e. The number of rotatable bonds is 5. The first-order valence-electron chi connectivity index (χ1n) is 7.21. The Morgan fingerprint density at radius 2 is 1.83 bits per heavy atom. The van der Waals surface area contributed by atoms with Gasteiger partial charge in [0.1, 0.15) is 5.75 Å². The second-order valence-corrected chi connectivity index (χ2v) is 4.89. The zero-order chi connectivity index (χ0) is 15.8. The van der Waals surface area contributed by atoms with E-state index in [0.717, 1.165) is 23.0 Å². The van der Waals surface area contributed by atoms with Crippen molar-refractivity contribution in [3.05, 3.63) is 59.4 Å². The summed E-state index contributed by atoms with van der Waals surface area (Å²) in [5.74, 6) is 1.61. The highest BCUT2D eigenvalue weighted by Crippen LogP contribution is 2.10. The first-order chi connectivity index (χ1) is 10.7. The van der Waals surface area contributed by atoms with Crippen LogP contribution < -0.4 is 15.4 Å². The molecule has 0 aliphatic rings. The van der Waals surface area contributed by atoms with Gasteiger partial charge in [-0.25, -0.2) is 0 Å². The topological polar surface area (TPSA) is 58.5 Å². The Morgan fingerprint density at radius 3 is 2.43 bits per heavy atom. The zero-order valence-electron chi connectivity index (χ0n) is 13.7. The molecule has 124 valence electrons. The van der Waals surface area contributed by atoms with Crippen molar-refractivity contribution in [3.8, 4) is 5.75 Å². The number of nitrogens with one attached hydrogen (secondary N) is 2. The predicted molar refractivity (Wildman–Crippen MR) is 104 cm³/mol. The maximum Gasteiger partial charge on any atom is 0.191 e. The molecule has 1 aromatic carbocycles. The summed E-state index contributed by atoms with van der Waals surface area (Å²) in [7, 11) is 3.42. The van der Waals surface area contributed by atoms with Crippen molar-refractivity contribution in [3.63, 3.8) is 0 Å². The molecule has 0 spiro atoms. The van der Waals surface area contributed by atoms with E-state index in [0.29, 0.717) is 13.1 Å². The van der Waals surface area contributed by atoms with Crippen LogP contribution in [0.1, 0.15) is 16.8 Å². The van der Waals surface area contributed by atoms with Gasteiger partial charge in [-0.05, 0) is 36.2 Å². The molecule has 0 aliphatic heterocycles. The van der Waals surface area contributed by atoms with Crippen LogP contribution in [0.25, 0.3) is 0 Å². The van der Waals surface area contributed by atoms with Crippen molar-refractivity contribution in [2.24, 2.45) is 4.99 Å². The van der Waals surface area contributed by atoms with Gasteiger partial charge in [0.2, 0.25) is 0 Å². The van der Waals surface area contributed by atoms with Gasteiger partial charge in [0, 0.05) is 19.8 Å². The molecular formula is C17H23IN4O. The lowest BCUT2D eigenvalue weighted by Crippen LogP contribution is -2.36. The van der Waals surface area contributed by atoms with Crippen molar-refractivity contribution in [2.75, 3.05) is 14.2 Å². The lowest BCUT2D eigenvalue weighted by molar-refractivity contribution is 0.414. The number of ether oxygens (including phenoxy) is 1. The van der Waals surface area contributed by atoms with E-state index < -0.39 is 0 Å². The molecule has 2 aromatic rings. The summed E-state index contributed by atoms with van der Waals surface area (Å²) in [5.41, 5.74) is 3.35. The van der Waals surface area contributed by atoms with E-state index in [4.69, 9.17) is 4.74 Å². The number of nitrogens with zero attached hydrogens (tertiary/aromatic N) is 2. The number of aromatic nitrogens is 1. The van der Waals surface area contributed by atoms with Crippen LogP contribution in [-0.2, 0) is 13.1 Å². The van der Waals surface area contributed by atoms with Crippen molar-refractivity contribution in [2.45, 2.75) is 20.0 Å². The lowest BCUT2D eigenvalue weighted by Gasteiger charge is -2.12. The van der Waals surface area contributed by atoms with Crippen molar-refractivity contribution < 1.29 is 4.74 Å². The van der Waals surface area contributed by atoms with Gasteiger partial charge in [-0.2, -0.15) is 0 Å². The van der Waals surface area contributed by atoms with E-state index >= 15 is 0 Å². The first-order valence-corrected chi connectivity index (χ1v) is 7.21. The standard InChI is InChI=1S/C17H22N4O.HI/c1-13-5-4-10-19-16(13)12-21-17(18-2)20-11-14-6-8-15(22-3)9-7-14;/h4-10H,11-12H2,1-3H3,(H2,18,20,21);1H. The minimum atomic E-state index is 0. The number of aryl methyl sites for hydroxylation is 1. The molecule has 2 N–H and O–H groups in total. The molecule has 23 heavy (non-hydrogen) atoms. The summed E-state index contributed by atoms with van der Waals surface area (Å²) in [6.07, 6.45) is 1.80. The third-order valence-corrected chi connectivity index (χ3v) is 3.38. The van der Waals surface area contributed by atoms with Crippen molar-refractivity contribution >= 4 is 29.9 Å². The van der Waals surface area contributed by atoms with E-state index in [1.54, 1.807) is 20.4 Å². The Balaban J connectivity index is 0.00000264. The third-order valence-electron chi connectivity index (χ3n) is 3.38. The Bertz CT molecular complexity index is 629. The van der Waals surface area contributed by atoms with Crippen LogP contribution in [0.5, 0.6) is 5.75 Å². The highest BCUT2D eigenvalue weighted by atomic mass is 127. The SMILES string of the molecule is CN=C(NCc1ccc(OC)cc1)NCc1ncccc1C.I. The van der Waals surface area contributed by atoms with E-state index in [9.17, 15) is 0 Å². The lowest BCUT2D eigenvalue weighted by atomic mass is 10.2. The van der Waals surface area contributed by atoms with Gasteiger partial charge in [0.25, 0.3) is 0 Å². The minimum absolute atomic E-state index is 0. The fourth-order valence-electron chi connectivity index (χ4n) is 2.02. The predicted octanol–water partition coefficient (Wildman–Crippen LogP) is 2.88. The molecule has 0 amide bonds. The molecule has 1 heterocycles. The second kappa shape index (κ2) is 10.0. The normalized spacial score (nSPS) is 10.7. The second-order valence-electron chi connectivity index (χ2n) is 4.89. The van der Waals surface area contributed by atoms with Gasteiger partial charge >= 0.3 is 0 Å². The first kappa shape index (κ1) is 19.2. The summed E-state index contributed by atoms with van der Waals surface area (Å²) in [6, 6.07) is 12.0. The van der Waals surface area contributed by atoms with Crippen molar-refractivity contribution in [1.82, 2.24) is 15.6 Å². The summed E-state index contributed by atoms with van der Waals surface area (Å²) >= 11 is 0. The monoisotopic (exact) mass is 426 g/mol. The van der Waals surface area contributed by atoms with Gasteiger partial charge in [-0.3, -0.25) is 9.98 Å². The highest BCUT2D eigenvalue weighted by molar-refractivity contribution is 14.0. The zero-order valence-corrected chi connectivity index (χ0v) is 16.0. The van der Waals surface area contributed by atoms with Crippen LogP contribution in [0.15, 0.2) is 47.6 Å². The fraction of sp³-hybridized carbons (Fsp3) is 0.294. The summed E-state index contributed by atoms with van der Waals surface area (Å²) < 4.78 is 5.15. The quantitative estimate of drug-likeness (QED) is 0.439. The van der Waals surface area contributed by atoms with E-state index in [2.05, 4.69) is 33.6 Å². The summed E-state index contributed by atoms with van der Waals surface area (Å²) in [6.45, 7) is 3.40. The van der Waals surface area contributed by atoms with Crippen LogP contribution in [0.4, 0.5) is 0 Å². The molecule has 1 aromatic heterocycles. The maximum absolute atomic E-state index is 5.15. The largest absolute Gasteiger partial charge is 0.497 e. The van der Waals surface area contributed by atoms with E-state index in [1.807, 2.05) is 30.3 Å². The Morgan fingerprint density at radius 1 is 1.13 bits per heavy atom. The molecule has 0 saturated heterocycles. The molecule has 0 bridgehead atoms. The molecule has 0 fully saturated rings. The third kappa shape index (κ3) is 6.05. The molecule has 0 saturated carbocycles. The number of hydrogen-bond acceptors (Lipinski definition) is 3. The van der Waals surface area contributed by atoms with Crippen LogP contribution in [-0.4, -0.2) is 25.1 Å². The average Bonchev–Trinajstić information content (AvgIpc) is 2.57. The maximum atomic E-state index is 5.15. The smallest absolute Gasteiger partial charge is 0.191 e. The Hall–Kier alpha value is -1.83. The molecule has 0 atom stereocenters. The fourth-order valence-corrected chi connectivity index (χ4v) is 2.02. The molecule has 2 rings (SSSR count). The summed E-state index contributed by atoms with van der Waals surface area (Å²) in [4.78, 5) is 8.59.